The van der Waals surface area contributed by atoms with Gasteiger partial charge in [0.15, 0.2) is 0 Å². The standard InChI is InChI=1S/2C44H26N2O/c1-2-14-30(15-3-1)45-38-22-21-27-11-6-7-16-31(27)43(38)34-25-33-32-17-8-9-18-36(32)46(39(33)26-40(34)45)37-19-10-20-41-44(37)35-23-28-12-4-5-13-29(28)24-42(35)47-41;1-2-13-30(14-3-1)45-39-21-18-27-10-6-7-15-32(27)44(39)37-25-35-33-16-8-9-17-38(33)46(40(35)26-41(37)45)31-19-20-34-36-22-28-11-4-5-12-29(28)23-42(36)47-43(34)24-31/h2*1-26H. The van der Waals surface area contributed by atoms with E-state index in [0.29, 0.717) is 0 Å². The van der Waals surface area contributed by atoms with Crippen LogP contribution in [0.1, 0.15) is 0 Å². The number of furan rings is 2. The molecule has 0 amide bonds. The Morgan fingerprint density at radius 3 is 1.17 bits per heavy atom. The summed E-state index contributed by atoms with van der Waals surface area (Å²) in [5.74, 6) is 0. The van der Waals surface area contributed by atoms with Gasteiger partial charge in [0.1, 0.15) is 22.3 Å². The van der Waals surface area contributed by atoms with E-state index >= 15 is 0 Å². The molecule has 22 aromatic rings. The molecule has 94 heavy (non-hydrogen) atoms. The number of aromatic nitrogens is 4. The van der Waals surface area contributed by atoms with Crippen LogP contribution in [0.3, 0.4) is 0 Å². The van der Waals surface area contributed by atoms with E-state index in [4.69, 9.17) is 8.83 Å². The van der Waals surface area contributed by atoms with Gasteiger partial charge in [0, 0.05) is 82.4 Å². The van der Waals surface area contributed by atoms with Crippen molar-refractivity contribution in [3.05, 3.63) is 315 Å². The second-order valence-corrected chi connectivity index (χ2v) is 25.1. The SMILES string of the molecule is c1ccc(-n2c3cc4c(cc3c3c5ccccc5ccc32)c2ccccc2n4-c2ccc3c(c2)oc2cc4ccccc4cc23)cc1.c1ccc(-n2c3cc4c(cc3c3c5ccccc5ccc32)c2ccccc2n4-c2cccc3oc4cc5ccccc5cc4c23)cc1. The van der Waals surface area contributed by atoms with Crippen LogP contribution in [0.25, 0.3) is 197 Å². The normalized spacial score (nSPS) is 12.3. The molecule has 6 nitrogen and oxygen atoms in total. The van der Waals surface area contributed by atoms with Crippen molar-refractivity contribution in [1.82, 2.24) is 18.3 Å². The zero-order valence-corrected chi connectivity index (χ0v) is 50.6. The quantitative estimate of drug-likeness (QED) is 0.176. The summed E-state index contributed by atoms with van der Waals surface area (Å²) in [7, 11) is 0. The molecule has 0 N–H and O–H groups in total. The van der Waals surface area contributed by atoms with Crippen molar-refractivity contribution in [2.75, 3.05) is 0 Å². The average molecular weight is 1200 g/mol. The van der Waals surface area contributed by atoms with E-state index in [1.807, 2.05) is 0 Å². The maximum Gasteiger partial charge on any atom is 0.137 e. The minimum atomic E-state index is 0.893. The van der Waals surface area contributed by atoms with Gasteiger partial charge in [-0.3, -0.25) is 0 Å². The van der Waals surface area contributed by atoms with Crippen LogP contribution in [-0.2, 0) is 0 Å². The molecular weight excluding hydrogens is 1140 g/mol. The van der Waals surface area contributed by atoms with Crippen molar-refractivity contribution >= 4 is 174 Å². The van der Waals surface area contributed by atoms with Crippen molar-refractivity contribution < 1.29 is 8.83 Å². The molecule has 0 atom stereocenters. The molecule has 0 fully saturated rings. The van der Waals surface area contributed by atoms with Gasteiger partial charge < -0.3 is 27.1 Å². The monoisotopic (exact) mass is 1200 g/mol. The van der Waals surface area contributed by atoms with E-state index in [1.165, 1.54) is 130 Å². The molecule has 0 spiro atoms. The van der Waals surface area contributed by atoms with E-state index in [1.54, 1.807) is 0 Å². The highest BCUT2D eigenvalue weighted by Crippen LogP contribution is 2.47. The van der Waals surface area contributed by atoms with Gasteiger partial charge in [-0.1, -0.05) is 188 Å². The number of fused-ring (bicyclic) bond motifs is 24. The van der Waals surface area contributed by atoms with Crippen LogP contribution in [0.4, 0.5) is 0 Å². The van der Waals surface area contributed by atoms with Gasteiger partial charge in [-0.2, -0.15) is 0 Å². The molecule has 6 heteroatoms. The van der Waals surface area contributed by atoms with Gasteiger partial charge in [0.2, 0.25) is 0 Å². The molecule has 0 aliphatic rings. The van der Waals surface area contributed by atoms with Crippen LogP contribution >= 0.6 is 0 Å². The summed E-state index contributed by atoms with van der Waals surface area (Å²) in [6, 6.07) is 114. The van der Waals surface area contributed by atoms with Crippen molar-refractivity contribution in [2.24, 2.45) is 0 Å². The lowest BCUT2D eigenvalue weighted by Gasteiger charge is -2.11. The van der Waals surface area contributed by atoms with Gasteiger partial charge in [0.05, 0.1) is 55.2 Å². The highest BCUT2D eigenvalue weighted by Gasteiger charge is 2.24. The van der Waals surface area contributed by atoms with Crippen molar-refractivity contribution in [3.8, 4) is 22.7 Å². The minimum Gasteiger partial charge on any atom is -0.456 e. The van der Waals surface area contributed by atoms with Crippen molar-refractivity contribution in [3.63, 3.8) is 0 Å². The highest BCUT2D eigenvalue weighted by atomic mass is 16.3. The number of hydrogen-bond acceptors (Lipinski definition) is 2. The van der Waals surface area contributed by atoms with E-state index in [9.17, 15) is 0 Å². The lowest BCUT2D eigenvalue weighted by atomic mass is 10.0. The minimum absolute atomic E-state index is 0.893. The summed E-state index contributed by atoms with van der Waals surface area (Å²) in [4.78, 5) is 0. The Morgan fingerprint density at radius 2 is 0.596 bits per heavy atom. The summed E-state index contributed by atoms with van der Waals surface area (Å²) in [5, 5.41) is 24.4. The maximum absolute atomic E-state index is 6.53. The Bertz CT molecular complexity index is 6970. The Hall–Kier alpha value is -12.6. The fourth-order valence-corrected chi connectivity index (χ4v) is 16.0. The molecule has 0 aliphatic carbocycles. The lowest BCUT2D eigenvalue weighted by Crippen LogP contribution is -1.96. The Labute approximate surface area is 536 Å². The average Bonchev–Trinajstić information content (AvgIpc) is 1.55. The topological polar surface area (TPSA) is 46.0 Å². The lowest BCUT2D eigenvalue weighted by molar-refractivity contribution is 0.669. The van der Waals surface area contributed by atoms with Crippen LogP contribution in [0.15, 0.2) is 324 Å². The number of hydrogen-bond donors (Lipinski definition) is 0. The van der Waals surface area contributed by atoms with Gasteiger partial charge in [-0.05, 0) is 164 Å². The number of benzene rings is 16. The predicted molar refractivity (Wildman–Crippen MR) is 395 cm³/mol. The molecule has 0 saturated heterocycles. The number of para-hydroxylation sites is 4. The van der Waals surface area contributed by atoms with Crippen LogP contribution in [0, 0.1) is 0 Å². The molecule has 22 rings (SSSR count). The second kappa shape index (κ2) is 19.4. The first kappa shape index (κ1) is 51.1. The summed E-state index contributed by atoms with van der Waals surface area (Å²) in [6.07, 6.45) is 0. The van der Waals surface area contributed by atoms with E-state index in [0.717, 1.165) is 66.6 Å². The first-order valence-corrected chi connectivity index (χ1v) is 32.2. The zero-order valence-electron chi connectivity index (χ0n) is 50.6. The van der Waals surface area contributed by atoms with Crippen LogP contribution < -0.4 is 0 Å². The van der Waals surface area contributed by atoms with Crippen LogP contribution in [0.5, 0.6) is 0 Å². The number of rotatable bonds is 4. The summed E-state index contributed by atoms with van der Waals surface area (Å²) in [5.41, 5.74) is 17.6. The zero-order chi connectivity index (χ0) is 61.3. The van der Waals surface area contributed by atoms with Crippen LogP contribution in [-0.4, -0.2) is 18.3 Å². The Balaban J connectivity index is 0.000000126. The largest absolute Gasteiger partial charge is 0.456 e. The molecule has 16 aromatic carbocycles. The van der Waals surface area contributed by atoms with Crippen molar-refractivity contribution in [1.29, 1.82) is 0 Å². The molecule has 6 aromatic heterocycles. The molecule has 0 saturated carbocycles. The Morgan fingerprint density at radius 1 is 0.170 bits per heavy atom. The van der Waals surface area contributed by atoms with E-state index in [2.05, 4.69) is 334 Å². The van der Waals surface area contributed by atoms with E-state index in [-0.39, 0.29) is 0 Å². The van der Waals surface area contributed by atoms with Gasteiger partial charge in [-0.15, -0.1) is 0 Å². The highest BCUT2D eigenvalue weighted by molar-refractivity contribution is 6.28. The molecule has 0 unspecified atom stereocenters. The second-order valence-electron chi connectivity index (χ2n) is 25.1. The number of nitrogens with zero attached hydrogens (tertiary/aromatic N) is 4. The smallest absolute Gasteiger partial charge is 0.137 e. The third-order valence-corrected chi connectivity index (χ3v) is 20.1. The Kier molecular flexibility index (Phi) is 10.6. The third kappa shape index (κ3) is 7.30. The predicted octanol–water partition coefficient (Wildman–Crippen LogP) is 24.2. The summed E-state index contributed by atoms with van der Waals surface area (Å²) < 4.78 is 22.8. The molecule has 0 aliphatic heterocycles. The fraction of sp³-hybridized carbons (Fsp3) is 0. The molecule has 0 bridgehead atoms. The first-order valence-electron chi connectivity index (χ1n) is 32.2. The van der Waals surface area contributed by atoms with Crippen molar-refractivity contribution in [2.45, 2.75) is 0 Å². The third-order valence-electron chi connectivity index (χ3n) is 20.1. The fourth-order valence-electron chi connectivity index (χ4n) is 16.0. The van der Waals surface area contributed by atoms with Gasteiger partial charge in [0.25, 0.3) is 0 Å². The first-order chi connectivity index (χ1) is 46.6. The molecule has 6 heterocycles. The van der Waals surface area contributed by atoms with Gasteiger partial charge in [-0.25, -0.2) is 0 Å². The van der Waals surface area contributed by atoms with Crippen LogP contribution in [0.2, 0.25) is 0 Å². The molecule has 436 valence electrons. The van der Waals surface area contributed by atoms with E-state index < -0.39 is 0 Å². The summed E-state index contributed by atoms with van der Waals surface area (Å²) in [6.45, 7) is 0. The van der Waals surface area contributed by atoms with Gasteiger partial charge >= 0.3 is 0 Å². The molecular formula is C88H52N4O2. The maximum atomic E-state index is 6.53. The molecule has 0 radical (unpaired) electrons. The summed E-state index contributed by atoms with van der Waals surface area (Å²) >= 11 is 0.